The second kappa shape index (κ2) is 6.35. The zero-order chi connectivity index (χ0) is 13.0. The monoisotopic (exact) mass is 247 g/mol. The summed E-state index contributed by atoms with van der Waals surface area (Å²) in [6, 6.07) is 10.9. The lowest BCUT2D eigenvalue weighted by Crippen LogP contribution is -2.38. The molecule has 0 radical (unpaired) electrons. The van der Waals surface area contributed by atoms with Crippen LogP contribution in [0.4, 0.5) is 0 Å². The second-order valence-electron chi connectivity index (χ2n) is 5.74. The highest BCUT2D eigenvalue weighted by Crippen LogP contribution is 2.26. The predicted octanol–water partition coefficient (Wildman–Crippen LogP) is 3.28. The molecule has 100 valence electrons. The van der Waals surface area contributed by atoms with Crippen LogP contribution in [-0.2, 0) is 0 Å². The molecular formula is C16H25NO. The predicted molar refractivity (Wildman–Crippen MR) is 75.4 cm³/mol. The van der Waals surface area contributed by atoms with Crippen LogP contribution in [0, 0.1) is 5.92 Å². The SMILES string of the molecule is CC(CC(O)c1ccccc1)NC1CCCC1C. The summed E-state index contributed by atoms with van der Waals surface area (Å²) in [6.45, 7) is 4.50. The van der Waals surface area contributed by atoms with Gasteiger partial charge in [0.05, 0.1) is 6.10 Å². The summed E-state index contributed by atoms with van der Waals surface area (Å²) in [4.78, 5) is 0. The van der Waals surface area contributed by atoms with Crippen molar-refractivity contribution in [3.63, 3.8) is 0 Å². The maximum absolute atomic E-state index is 10.2. The van der Waals surface area contributed by atoms with Gasteiger partial charge in [0.25, 0.3) is 0 Å². The Labute approximate surface area is 110 Å². The third-order valence-electron chi connectivity index (χ3n) is 4.12. The van der Waals surface area contributed by atoms with Crippen molar-refractivity contribution in [1.82, 2.24) is 5.32 Å². The normalized spacial score (nSPS) is 27.1. The first kappa shape index (κ1) is 13.6. The van der Waals surface area contributed by atoms with Gasteiger partial charge < -0.3 is 10.4 Å². The molecule has 0 aliphatic heterocycles. The van der Waals surface area contributed by atoms with Crippen molar-refractivity contribution in [2.75, 3.05) is 0 Å². The molecule has 4 atom stereocenters. The van der Waals surface area contributed by atoms with Gasteiger partial charge >= 0.3 is 0 Å². The van der Waals surface area contributed by atoms with E-state index in [-0.39, 0.29) is 6.10 Å². The average molecular weight is 247 g/mol. The largest absolute Gasteiger partial charge is 0.388 e. The number of rotatable bonds is 5. The zero-order valence-corrected chi connectivity index (χ0v) is 11.5. The first-order valence-corrected chi connectivity index (χ1v) is 7.16. The quantitative estimate of drug-likeness (QED) is 0.837. The topological polar surface area (TPSA) is 32.3 Å². The molecule has 1 aromatic rings. The molecule has 0 spiro atoms. The Hall–Kier alpha value is -0.860. The lowest BCUT2D eigenvalue weighted by molar-refractivity contribution is 0.150. The summed E-state index contributed by atoms with van der Waals surface area (Å²) in [5, 5.41) is 13.9. The van der Waals surface area contributed by atoms with Crippen LogP contribution in [0.1, 0.15) is 51.2 Å². The molecule has 1 aliphatic rings. The molecule has 2 nitrogen and oxygen atoms in total. The van der Waals surface area contributed by atoms with Crippen molar-refractivity contribution in [3.05, 3.63) is 35.9 Å². The number of nitrogens with one attached hydrogen (secondary N) is 1. The van der Waals surface area contributed by atoms with Gasteiger partial charge in [0.1, 0.15) is 0 Å². The molecule has 0 aromatic heterocycles. The smallest absolute Gasteiger partial charge is 0.0804 e. The summed E-state index contributed by atoms with van der Waals surface area (Å²) in [6.07, 6.45) is 4.39. The van der Waals surface area contributed by atoms with E-state index in [4.69, 9.17) is 0 Å². The number of benzene rings is 1. The molecule has 2 rings (SSSR count). The number of aliphatic hydroxyl groups is 1. The van der Waals surface area contributed by atoms with Crippen LogP contribution in [-0.4, -0.2) is 17.2 Å². The highest BCUT2D eigenvalue weighted by Gasteiger charge is 2.25. The van der Waals surface area contributed by atoms with E-state index in [1.54, 1.807) is 0 Å². The molecule has 4 unspecified atom stereocenters. The van der Waals surface area contributed by atoms with Gasteiger partial charge in [-0.2, -0.15) is 0 Å². The molecule has 0 amide bonds. The standard InChI is InChI=1S/C16H25NO/c1-12-7-6-10-15(12)17-13(2)11-16(18)14-8-4-3-5-9-14/h3-5,8-9,12-13,15-18H,6-7,10-11H2,1-2H3. The summed E-state index contributed by atoms with van der Waals surface area (Å²) in [7, 11) is 0. The average Bonchev–Trinajstić information content (AvgIpc) is 2.76. The van der Waals surface area contributed by atoms with Crippen LogP contribution >= 0.6 is 0 Å². The van der Waals surface area contributed by atoms with Gasteiger partial charge in [-0.3, -0.25) is 0 Å². The van der Waals surface area contributed by atoms with E-state index < -0.39 is 0 Å². The Kier molecular flexibility index (Phi) is 4.79. The minimum Gasteiger partial charge on any atom is -0.388 e. The van der Waals surface area contributed by atoms with Crippen molar-refractivity contribution in [1.29, 1.82) is 0 Å². The fraction of sp³-hybridized carbons (Fsp3) is 0.625. The summed E-state index contributed by atoms with van der Waals surface area (Å²) < 4.78 is 0. The summed E-state index contributed by atoms with van der Waals surface area (Å²) in [5.41, 5.74) is 1.02. The molecule has 1 aliphatic carbocycles. The Balaban J connectivity index is 1.82. The number of hydrogen-bond acceptors (Lipinski definition) is 2. The molecule has 0 heterocycles. The van der Waals surface area contributed by atoms with Crippen molar-refractivity contribution in [2.24, 2.45) is 5.92 Å². The molecule has 1 fully saturated rings. The van der Waals surface area contributed by atoms with Gasteiger partial charge in [-0.1, -0.05) is 43.7 Å². The molecule has 18 heavy (non-hydrogen) atoms. The van der Waals surface area contributed by atoms with Crippen molar-refractivity contribution < 1.29 is 5.11 Å². The van der Waals surface area contributed by atoms with E-state index in [9.17, 15) is 5.11 Å². The first-order valence-electron chi connectivity index (χ1n) is 7.16. The molecule has 2 N–H and O–H groups in total. The maximum Gasteiger partial charge on any atom is 0.0804 e. The van der Waals surface area contributed by atoms with Crippen LogP contribution in [0.15, 0.2) is 30.3 Å². The Morgan fingerprint density at radius 1 is 1.28 bits per heavy atom. The van der Waals surface area contributed by atoms with Crippen LogP contribution in [0.2, 0.25) is 0 Å². The van der Waals surface area contributed by atoms with Crippen LogP contribution in [0.25, 0.3) is 0 Å². The van der Waals surface area contributed by atoms with E-state index in [2.05, 4.69) is 19.2 Å². The van der Waals surface area contributed by atoms with E-state index in [0.29, 0.717) is 12.1 Å². The Morgan fingerprint density at radius 3 is 2.61 bits per heavy atom. The Bertz CT molecular complexity index is 351. The fourth-order valence-corrected chi connectivity index (χ4v) is 2.97. The molecule has 1 saturated carbocycles. The molecular weight excluding hydrogens is 222 g/mol. The van der Waals surface area contributed by atoms with E-state index in [1.807, 2.05) is 30.3 Å². The van der Waals surface area contributed by atoms with E-state index >= 15 is 0 Å². The number of hydrogen-bond donors (Lipinski definition) is 2. The summed E-state index contributed by atoms with van der Waals surface area (Å²) in [5.74, 6) is 0.779. The van der Waals surface area contributed by atoms with Gasteiger partial charge in [0.2, 0.25) is 0 Å². The molecule has 2 heteroatoms. The fourth-order valence-electron chi connectivity index (χ4n) is 2.97. The highest BCUT2D eigenvalue weighted by molar-refractivity contribution is 5.17. The third-order valence-corrected chi connectivity index (χ3v) is 4.12. The van der Waals surface area contributed by atoms with Gasteiger partial charge in [0.15, 0.2) is 0 Å². The van der Waals surface area contributed by atoms with Gasteiger partial charge in [-0.15, -0.1) is 0 Å². The minimum atomic E-state index is -0.356. The van der Waals surface area contributed by atoms with Gasteiger partial charge in [-0.05, 0) is 37.7 Å². The molecule has 1 aromatic carbocycles. The van der Waals surface area contributed by atoms with Gasteiger partial charge in [-0.25, -0.2) is 0 Å². The molecule has 0 bridgehead atoms. The van der Waals surface area contributed by atoms with Crippen LogP contribution in [0.3, 0.4) is 0 Å². The van der Waals surface area contributed by atoms with Crippen LogP contribution < -0.4 is 5.32 Å². The highest BCUT2D eigenvalue weighted by atomic mass is 16.3. The first-order chi connectivity index (χ1) is 8.66. The minimum absolute atomic E-state index is 0.356. The van der Waals surface area contributed by atoms with E-state index in [1.165, 1.54) is 19.3 Å². The third kappa shape index (κ3) is 3.56. The number of aliphatic hydroxyl groups excluding tert-OH is 1. The lowest BCUT2D eigenvalue weighted by Gasteiger charge is -2.24. The van der Waals surface area contributed by atoms with Crippen molar-refractivity contribution in [3.8, 4) is 0 Å². The van der Waals surface area contributed by atoms with Crippen molar-refractivity contribution in [2.45, 2.75) is 57.7 Å². The summed E-state index contributed by atoms with van der Waals surface area (Å²) >= 11 is 0. The molecule has 0 saturated heterocycles. The Morgan fingerprint density at radius 2 is 2.00 bits per heavy atom. The van der Waals surface area contributed by atoms with Crippen LogP contribution in [0.5, 0.6) is 0 Å². The van der Waals surface area contributed by atoms with Gasteiger partial charge in [0, 0.05) is 12.1 Å². The van der Waals surface area contributed by atoms with E-state index in [0.717, 1.165) is 17.9 Å². The maximum atomic E-state index is 10.2. The second-order valence-corrected chi connectivity index (χ2v) is 5.74. The van der Waals surface area contributed by atoms with Crippen molar-refractivity contribution >= 4 is 0 Å². The zero-order valence-electron chi connectivity index (χ0n) is 11.5. The lowest BCUT2D eigenvalue weighted by atomic mass is 10.0.